The first-order valence-corrected chi connectivity index (χ1v) is 5.83. The summed E-state index contributed by atoms with van der Waals surface area (Å²) in [5.41, 5.74) is 1.32. The van der Waals surface area contributed by atoms with Crippen LogP contribution in [0.1, 0.15) is 36.7 Å². The van der Waals surface area contributed by atoms with Crippen LogP contribution in [0.4, 0.5) is 0 Å². The minimum Gasteiger partial charge on any atom is -0.494 e. The number of H-pyrrole nitrogens is 1. The van der Waals surface area contributed by atoms with E-state index in [-0.39, 0.29) is 11.8 Å². The topological polar surface area (TPSA) is 62.3 Å². The molecule has 0 aliphatic heterocycles. The molecule has 0 radical (unpaired) electrons. The van der Waals surface area contributed by atoms with Crippen molar-refractivity contribution in [1.29, 1.82) is 0 Å². The molecule has 0 bridgehead atoms. The van der Waals surface area contributed by atoms with Crippen LogP contribution in [0, 0.1) is 6.92 Å². The smallest absolute Gasteiger partial charge is 0.339 e. The predicted molar refractivity (Wildman–Crippen MR) is 69.9 cm³/mol. The third-order valence-electron chi connectivity index (χ3n) is 2.67. The van der Waals surface area contributed by atoms with Gasteiger partial charge in [0.25, 0.3) is 0 Å². The van der Waals surface area contributed by atoms with Crippen molar-refractivity contribution in [3.05, 3.63) is 29.3 Å². The number of benzene rings is 1. The summed E-state index contributed by atoms with van der Waals surface area (Å²) in [5, 5.41) is 10.4. The number of esters is 1. The third kappa shape index (κ3) is 2.18. The van der Waals surface area contributed by atoms with E-state index in [1.165, 1.54) is 0 Å². The fraction of sp³-hybridized carbons (Fsp3) is 0.357. The summed E-state index contributed by atoms with van der Waals surface area (Å²) in [4.78, 5) is 15.0. The molecule has 1 heterocycles. The molecule has 2 N–H and O–H groups in total. The maximum absolute atomic E-state index is 12.1. The number of ether oxygens (including phenoxy) is 1. The first-order chi connectivity index (χ1) is 8.29. The van der Waals surface area contributed by atoms with Crippen molar-refractivity contribution in [2.75, 3.05) is 0 Å². The largest absolute Gasteiger partial charge is 0.494 e. The second kappa shape index (κ2) is 4.05. The van der Waals surface area contributed by atoms with Crippen molar-refractivity contribution >= 4 is 16.9 Å². The molecule has 0 aliphatic carbocycles. The standard InChI is InChI=1S/C14H17NO3/c1-8-11-9(13(17)18-14(2,3)4)6-5-7-10(11)15-12(8)16/h5-7,15-16H,1-4H3. The molecule has 2 aromatic rings. The monoisotopic (exact) mass is 247 g/mol. The van der Waals surface area contributed by atoms with Crippen LogP contribution in [0.3, 0.4) is 0 Å². The van der Waals surface area contributed by atoms with Gasteiger partial charge in [-0.25, -0.2) is 4.79 Å². The van der Waals surface area contributed by atoms with Crippen molar-refractivity contribution in [1.82, 2.24) is 4.98 Å². The lowest BCUT2D eigenvalue weighted by atomic mass is 10.1. The van der Waals surface area contributed by atoms with Gasteiger partial charge in [0.2, 0.25) is 0 Å². The molecule has 0 saturated carbocycles. The van der Waals surface area contributed by atoms with E-state index in [1.54, 1.807) is 19.1 Å². The molecule has 0 amide bonds. The number of hydrogen-bond acceptors (Lipinski definition) is 3. The molecule has 0 saturated heterocycles. The van der Waals surface area contributed by atoms with Crippen LogP contribution < -0.4 is 0 Å². The highest BCUT2D eigenvalue weighted by Crippen LogP contribution is 2.30. The lowest BCUT2D eigenvalue weighted by molar-refractivity contribution is 0.00718. The van der Waals surface area contributed by atoms with Crippen molar-refractivity contribution in [3.63, 3.8) is 0 Å². The molecule has 2 rings (SSSR count). The average molecular weight is 247 g/mol. The molecule has 18 heavy (non-hydrogen) atoms. The maximum Gasteiger partial charge on any atom is 0.339 e. The minimum absolute atomic E-state index is 0.0843. The van der Waals surface area contributed by atoms with Gasteiger partial charge in [0.15, 0.2) is 5.88 Å². The number of hydrogen-bond donors (Lipinski definition) is 2. The van der Waals surface area contributed by atoms with Crippen LogP contribution in [0.25, 0.3) is 10.9 Å². The Morgan fingerprint density at radius 2 is 2.00 bits per heavy atom. The Morgan fingerprint density at radius 1 is 1.33 bits per heavy atom. The molecule has 0 unspecified atom stereocenters. The van der Waals surface area contributed by atoms with Gasteiger partial charge in [-0.05, 0) is 39.8 Å². The summed E-state index contributed by atoms with van der Waals surface area (Å²) in [6, 6.07) is 5.28. The van der Waals surface area contributed by atoms with Crippen LogP contribution in [0.5, 0.6) is 5.88 Å². The summed E-state index contributed by atoms with van der Waals surface area (Å²) in [6.45, 7) is 7.24. The van der Waals surface area contributed by atoms with E-state index in [2.05, 4.69) is 4.98 Å². The fourth-order valence-electron chi connectivity index (χ4n) is 1.90. The van der Waals surface area contributed by atoms with Crippen molar-refractivity contribution in [2.45, 2.75) is 33.3 Å². The summed E-state index contributed by atoms with van der Waals surface area (Å²) in [5.74, 6) is -0.295. The molecule has 1 aromatic carbocycles. The Kier molecular flexibility index (Phi) is 2.81. The van der Waals surface area contributed by atoms with Crippen LogP contribution in [0.2, 0.25) is 0 Å². The van der Waals surface area contributed by atoms with Crippen molar-refractivity contribution in [2.24, 2.45) is 0 Å². The lowest BCUT2D eigenvalue weighted by Crippen LogP contribution is -2.24. The molecular weight excluding hydrogens is 230 g/mol. The number of carbonyl (C=O) groups is 1. The number of aromatic nitrogens is 1. The molecule has 96 valence electrons. The highest BCUT2D eigenvalue weighted by Gasteiger charge is 2.21. The average Bonchev–Trinajstić information content (AvgIpc) is 2.52. The number of aromatic amines is 1. The van der Waals surface area contributed by atoms with Gasteiger partial charge in [-0.1, -0.05) is 6.07 Å². The number of rotatable bonds is 1. The number of aromatic hydroxyl groups is 1. The van der Waals surface area contributed by atoms with Crippen LogP contribution in [-0.2, 0) is 4.74 Å². The highest BCUT2D eigenvalue weighted by atomic mass is 16.6. The number of aryl methyl sites for hydroxylation is 1. The van der Waals surface area contributed by atoms with Gasteiger partial charge in [0.05, 0.1) is 5.56 Å². The predicted octanol–water partition coefficient (Wildman–Crippen LogP) is 3.14. The molecule has 1 aromatic heterocycles. The van der Waals surface area contributed by atoms with Gasteiger partial charge < -0.3 is 14.8 Å². The minimum atomic E-state index is -0.536. The second-order valence-electron chi connectivity index (χ2n) is 5.33. The Bertz CT molecular complexity index is 605. The van der Waals surface area contributed by atoms with Gasteiger partial charge in [0, 0.05) is 16.5 Å². The van der Waals surface area contributed by atoms with E-state index >= 15 is 0 Å². The zero-order valence-electron chi connectivity index (χ0n) is 11.0. The van der Waals surface area contributed by atoms with E-state index in [1.807, 2.05) is 26.8 Å². The van der Waals surface area contributed by atoms with Crippen LogP contribution >= 0.6 is 0 Å². The summed E-state index contributed by atoms with van der Waals surface area (Å²) >= 11 is 0. The van der Waals surface area contributed by atoms with Crippen LogP contribution in [0.15, 0.2) is 18.2 Å². The first kappa shape index (κ1) is 12.5. The maximum atomic E-state index is 12.1. The van der Waals surface area contributed by atoms with E-state index in [0.29, 0.717) is 16.5 Å². The Balaban J connectivity index is 2.54. The van der Waals surface area contributed by atoms with E-state index < -0.39 is 5.60 Å². The fourth-order valence-corrected chi connectivity index (χ4v) is 1.90. The zero-order chi connectivity index (χ0) is 13.5. The molecule has 0 fully saturated rings. The van der Waals surface area contributed by atoms with Gasteiger partial charge in [-0.2, -0.15) is 0 Å². The Hall–Kier alpha value is -1.97. The molecule has 4 heteroatoms. The van der Waals surface area contributed by atoms with E-state index in [9.17, 15) is 9.90 Å². The van der Waals surface area contributed by atoms with Gasteiger partial charge >= 0.3 is 5.97 Å². The third-order valence-corrected chi connectivity index (χ3v) is 2.67. The quantitative estimate of drug-likeness (QED) is 0.761. The van der Waals surface area contributed by atoms with Crippen LogP contribution in [-0.4, -0.2) is 21.7 Å². The van der Waals surface area contributed by atoms with Gasteiger partial charge in [-0.15, -0.1) is 0 Å². The Morgan fingerprint density at radius 3 is 2.61 bits per heavy atom. The van der Waals surface area contributed by atoms with E-state index in [0.717, 1.165) is 5.52 Å². The summed E-state index contributed by atoms with van der Waals surface area (Å²) < 4.78 is 5.36. The number of nitrogens with one attached hydrogen (secondary N) is 1. The first-order valence-electron chi connectivity index (χ1n) is 5.83. The van der Waals surface area contributed by atoms with Gasteiger partial charge in [-0.3, -0.25) is 0 Å². The highest BCUT2D eigenvalue weighted by molar-refractivity contribution is 6.06. The second-order valence-corrected chi connectivity index (χ2v) is 5.33. The lowest BCUT2D eigenvalue weighted by Gasteiger charge is -2.19. The van der Waals surface area contributed by atoms with Gasteiger partial charge in [0.1, 0.15) is 5.60 Å². The molecule has 0 aliphatic rings. The van der Waals surface area contributed by atoms with Crippen molar-refractivity contribution in [3.8, 4) is 5.88 Å². The van der Waals surface area contributed by atoms with Crippen molar-refractivity contribution < 1.29 is 14.6 Å². The van der Waals surface area contributed by atoms with E-state index in [4.69, 9.17) is 4.74 Å². The number of carbonyl (C=O) groups excluding carboxylic acids is 1. The summed E-state index contributed by atoms with van der Waals surface area (Å²) in [6.07, 6.45) is 0. The molecular formula is C14H17NO3. The zero-order valence-corrected chi connectivity index (χ0v) is 11.0. The molecule has 4 nitrogen and oxygen atoms in total. The number of fused-ring (bicyclic) bond motifs is 1. The SMILES string of the molecule is Cc1c(O)[nH]c2cccc(C(=O)OC(C)(C)C)c12. The normalized spacial score (nSPS) is 11.8. The summed E-state index contributed by atoms with van der Waals surface area (Å²) in [7, 11) is 0. The molecule has 0 spiro atoms. The Labute approximate surface area is 106 Å². The molecule has 0 atom stereocenters.